The van der Waals surface area contributed by atoms with Gasteiger partial charge in [-0.15, -0.1) is 5.10 Å². The van der Waals surface area contributed by atoms with Crippen molar-refractivity contribution in [1.29, 1.82) is 0 Å². The monoisotopic (exact) mass is 420 g/mol. The molecule has 0 bridgehead atoms. The zero-order valence-corrected chi connectivity index (χ0v) is 15.9. The molecule has 0 spiro atoms. The summed E-state index contributed by atoms with van der Waals surface area (Å²) in [6, 6.07) is 5.26. The van der Waals surface area contributed by atoms with E-state index in [1.807, 2.05) is 6.92 Å². The van der Waals surface area contributed by atoms with E-state index in [2.05, 4.69) is 10.3 Å². The van der Waals surface area contributed by atoms with E-state index in [4.69, 9.17) is 0 Å². The van der Waals surface area contributed by atoms with Gasteiger partial charge in [0.25, 0.3) is 10.0 Å². The molecule has 2 atom stereocenters. The first-order valence-corrected chi connectivity index (χ1v) is 10.3. The van der Waals surface area contributed by atoms with Crippen molar-refractivity contribution in [2.24, 2.45) is 5.92 Å². The number of sulfonamides is 1. The minimum absolute atomic E-state index is 0.0380. The Hall–Kier alpha value is -2.88. The smallest absolute Gasteiger partial charge is 0.265 e. The summed E-state index contributed by atoms with van der Waals surface area (Å²) < 4.78 is 69.8. The van der Waals surface area contributed by atoms with Crippen LogP contribution >= 0.6 is 0 Å². The summed E-state index contributed by atoms with van der Waals surface area (Å²) in [6.07, 6.45) is 0.332. The van der Waals surface area contributed by atoms with E-state index in [9.17, 15) is 21.6 Å². The minimum Gasteiger partial charge on any atom is -0.265 e. The number of hydrogen-bond donors (Lipinski definition) is 0. The van der Waals surface area contributed by atoms with Crippen LogP contribution in [0.2, 0.25) is 0 Å². The summed E-state index contributed by atoms with van der Waals surface area (Å²) in [7, 11) is -4.03. The van der Waals surface area contributed by atoms with Crippen LogP contribution in [0.1, 0.15) is 11.3 Å². The van der Waals surface area contributed by atoms with Gasteiger partial charge in [0.15, 0.2) is 0 Å². The molecule has 0 unspecified atom stereocenters. The highest BCUT2D eigenvalue weighted by molar-refractivity contribution is 7.89. The second-order valence-electron chi connectivity index (χ2n) is 7.32. The van der Waals surface area contributed by atoms with Gasteiger partial charge >= 0.3 is 6.18 Å². The lowest BCUT2D eigenvalue weighted by atomic mass is 9.78. The molecule has 1 aliphatic carbocycles. The third-order valence-corrected chi connectivity index (χ3v) is 7.27. The van der Waals surface area contributed by atoms with Gasteiger partial charge < -0.3 is 0 Å². The maximum absolute atomic E-state index is 13.6. The van der Waals surface area contributed by atoms with Crippen LogP contribution < -0.4 is 0 Å². The van der Waals surface area contributed by atoms with Crippen LogP contribution in [0.3, 0.4) is 0 Å². The first-order valence-electron chi connectivity index (χ1n) is 8.86. The molecule has 5 rings (SSSR count). The highest BCUT2D eigenvalue weighted by Gasteiger charge is 2.49. The maximum atomic E-state index is 13.6. The highest BCUT2D eigenvalue weighted by atomic mass is 32.2. The summed E-state index contributed by atoms with van der Waals surface area (Å²) in [5, 5.41) is 7.72. The van der Waals surface area contributed by atoms with Crippen LogP contribution in [0.25, 0.3) is 5.57 Å². The number of nitrogens with zero attached hydrogens (tertiary/aromatic N) is 4. The number of allylic oxidation sites excluding steroid dienone is 2. The zero-order chi connectivity index (χ0) is 20.6. The van der Waals surface area contributed by atoms with E-state index in [1.165, 1.54) is 29.2 Å². The maximum Gasteiger partial charge on any atom is 0.416 e. The first kappa shape index (κ1) is 18.2. The standard InChI is InChI=1S/C19H15F3N4O2S/c1-11-2-4-14(5-3-11)29(27,28)26-10-12-9-25-17(8-23-24-25)15-6-13(19(20,21)22)7-16(26)18(12)15/h2-8,10,16,18H,9H2,1H3/t16-,18+/m0/s1. The Bertz CT molecular complexity index is 1210. The number of alkyl halides is 3. The van der Waals surface area contributed by atoms with E-state index in [0.29, 0.717) is 16.8 Å². The minimum atomic E-state index is -4.60. The van der Waals surface area contributed by atoms with Crippen LogP contribution in [0, 0.1) is 12.8 Å². The Morgan fingerprint density at radius 1 is 1.17 bits per heavy atom. The summed E-state index contributed by atoms with van der Waals surface area (Å²) >= 11 is 0. The van der Waals surface area contributed by atoms with Crippen LogP contribution in [0.4, 0.5) is 13.2 Å². The van der Waals surface area contributed by atoms with Gasteiger partial charge in [-0.2, -0.15) is 13.2 Å². The Labute approximate surface area is 164 Å². The van der Waals surface area contributed by atoms with Crippen molar-refractivity contribution < 1.29 is 21.6 Å². The normalized spacial score (nSPS) is 23.2. The summed E-state index contributed by atoms with van der Waals surface area (Å²) in [6.45, 7) is 2.11. The van der Waals surface area contributed by atoms with Crippen LogP contribution in [0.5, 0.6) is 0 Å². The van der Waals surface area contributed by atoms with Crippen LogP contribution in [0.15, 0.2) is 64.9 Å². The second-order valence-corrected chi connectivity index (χ2v) is 9.16. The lowest BCUT2D eigenvalue weighted by Gasteiger charge is -2.35. The van der Waals surface area contributed by atoms with E-state index in [1.54, 1.807) is 12.1 Å². The Morgan fingerprint density at radius 3 is 2.59 bits per heavy atom. The van der Waals surface area contributed by atoms with E-state index >= 15 is 0 Å². The summed E-state index contributed by atoms with van der Waals surface area (Å²) in [4.78, 5) is 0.0380. The van der Waals surface area contributed by atoms with E-state index in [-0.39, 0.29) is 11.4 Å². The van der Waals surface area contributed by atoms with Crippen molar-refractivity contribution in [3.8, 4) is 0 Å². The van der Waals surface area contributed by atoms with Gasteiger partial charge in [-0.3, -0.25) is 4.31 Å². The lowest BCUT2D eigenvalue weighted by Crippen LogP contribution is -2.39. The molecular formula is C19H15F3N4O2S. The van der Waals surface area contributed by atoms with E-state index < -0.39 is 33.7 Å². The van der Waals surface area contributed by atoms with Crippen molar-refractivity contribution in [3.63, 3.8) is 0 Å². The van der Waals surface area contributed by atoms with Gasteiger partial charge in [-0.1, -0.05) is 22.9 Å². The number of aromatic nitrogens is 3. The van der Waals surface area contributed by atoms with Crippen LogP contribution in [-0.4, -0.2) is 39.9 Å². The molecular weight excluding hydrogens is 405 g/mol. The SMILES string of the molecule is Cc1ccc(S(=O)(=O)N2C=C3Cn4nncc4C4=CC(C(F)(F)F)=C[C@H]2[C@H]34)cc1. The molecule has 0 radical (unpaired) electrons. The molecule has 1 aromatic carbocycles. The molecule has 3 aliphatic rings. The first-order chi connectivity index (χ1) is 13.7. The molecule has 0 N–H and O–H groups in total. The molecule has 0 saturated heterocycles. The molecule has 0 amide bonds. The fraction of sp³-hybridized carbons (Fsp3) is 0.263. The Kier molecular flexibility index (Phi) is 3.64. The molecule has 1 aromatic heterocycles. The number of hydrogen-bond acceptors (Lipinski definition) is 4. The molecule has 150 valence electrons. The third-order valence-electron chi connectivity index (χ3n) is 5.49. The number of aryl methyl sites for hydroxylation is 1. The Balaban J connectivity index is 1.67. The molecule has 3 heterocycles. The number of fused-ring (bicyclic) bond motifs is 2. The van der Waals surface area contributed by atoms with Crippen molar-refractivity contribution in [3.05, 3.63) is 71.2 Å². The van der Waals surface area contributed by atoms with Crippen molar-refractivity contribution in [1.82, 2.24) is 19.3 Å². The molecule has 29 heavy (non-hydrogen) atoms. The predicted molar refractivity (Wildman–Crippen MR) is 97.7 cm³/mol. The van der Waals surface area contributed by atoms with Gasteiger partial charge in [-0.25, -0.2) is 13.1 Å². The molecule has 0 saturated carbocycles. The summed E-state index contributed by atoms with van der Waals surface area (Å²) in [5.74, 6) is -0.493. The average molecular weight is 420 g/mol. The predicted octanol–water partition coefficient (Wildman–Crippen LogP) is 3.06. The summed E-state index contributed by atoms with van der Waals surface area (Å²) in [5.41, 5.74) is 1.56. The quantitative estimate of drug-likeness (QED) is 0.749. The molecule has 6 nitrogen and oxygen atoms in total. The van der Waals surface area contributed by atoms with Gasteiger partial charge in [0.2, 0.25) is 0 Å². The van der Waals surface area contributed by atoms with Crippen molar-refractivity contribution >= 4 is 15.6 Å². The molecule has 2 aliphatic heterocycles. The van der Waals surface area contributed by atoms with Gasteiger partial charge in [-0.05, 0) is 42.4 Å². The molecule has 0 fully saturated rings. The zero-order valence-electron chi connectivity index (χ0n) is 15.1. The third kappa shape index (κ3) is 2.65. The van der Waals surface area contributed by atoms with Gasteiger partial charge in [0.1, 0.15) is 0 Å². The molecule has 10 heteroatoms. The fourth-order valence-corrected chi connectivity index (χ4v) is 5.62. The highest BCUT2D eigenvalue weighted by Crippen LogP contribution is 2.49. The Morgan fingerprint density at radius 2 is 1.90 bits per heavy atom. The topological polar surface area (TPSA) is 68.1 Å². The van der Waals surface area contributed by atoms with Gasteiger partial charge in [0, 0.05) is 12.1 Å². The number of halogens is 3. The van der Waals surface area contributed by atoms with Gasteiger partial charge in [0.05, 0.1) is 34.9 Å². The van der Waals surface area contributed by atoms with E-state index in [0.717, 1.165) is 22.0 Å². The number of benzene rings is 1. The molecule has 2 aromatic rings. The fourth-order valence-electron chi connectivity index (χ4n) is 4.12. The lowest BCUT2D eigenvalue weighted by molar-refractivity contribution is -0.0889. The average Bonchev–Trinajstić information content (AvgIpc) is 3.27. The number of rotatable bonds is 2. The van der Waals surface area contributed by atoms with Crippen molar-refractivity contribution in [2.75, 3.05) is 0 Å². The van der Waals surface area contributed by atoms with Crippen LogP contribution in [-0.2, 0) is 16.6 Å². The van der Waals surface area contributed by atoms with Crippen molar-refractivity contribution in [2.45, 2.75) is 30.6 Å². The second kappa shape index (κ2) is 5.82. The largest absolute Gasteiger partial charge is 0.416 e.